The molecular weight excluding hydrogens is 530 g/mol. The Morgan fingerprint density at radius 1 is 0.905 bits per heavy atom. The van der Waals surface area contributed by atoms with Crippen LogP contribution < -0.4 is 15.2 Å². The van der Waals surface area contributed by atoms with Crippen LogP contribution in [0.15, 0.2) is 65.5 Å². The molecule has 222 valence electrons. The van der Waals surface area contributed by atoms with Crippen molar-refractivity contribution in [2.24, 2.45) is 0 Å². The van der Waals surface area contributed by atoms with Gasteiger partial charge in [-0.3, -0.25) is 9.36 Å². The minimum Gasteiger partial charge on any atom is -0.496 e. The number of benzene rings is 3. The normalized spacial score (nSPS) is 11.5. The minimum absolute atomic E-state index is 0.0812. The molecule has 0 radical (unpaired) electrons. The van der Waals surface area contributed by atoms with Gasteiger partial charge in [-0.2, -0.15) is 5.10 Å². The summed E-state index contributed by atoms with van der Waals surface area (Å²) in [5.74, 6) is 1.14. The highest BCUT2D eigenvalue weighted by atomic mass is 16.5. The predicted octanol–water partition coefficient (Wildman–Crippen LogP) is 5.90. The zero-order chi connectivity index (χ0) is 30.4. The molecular formula is C34H41N3O5. The molecule has 0 saturated heterocycles. The van der Waals surface area contributed by atoms with Crippen LogP contribution in [-0.2, 0) is 42.6 Å². The summed E-state index contributed by atoms with van der Waals surface area (Å²) in [5.41, 5.74) is 5.77. The molecule has 0 aliphatic rings. The van der Waals surface area contributed by atoms with Gasteiger partial charge in [-0.1, -0.05) is 63.2 Å². The number of hydrogen-bond acceptors (Lipinski definition) is 5. The molecule has 0 aliphatic heterocycles. The standard InChI is InChI=1S/C34H41N3O5/c1-7-36-31(35-37(33(36)40)22-24-11-15-27(16-12-24)34(2,3)4)10-8-9-23-13-17-28(30(19-23)42-6)25-14-18-29(41-5)26(20-25)21-32(38)39/h11-20H,7-10,21-22H2,1-6H3,(H,38,39). The van der Waals surface area contributed by atoms with E-state index in [1.165, 1.54) is 12.7 Å². The van der Waals surface area contributed by atoms with Gasteiger partial charge in [0, 0.05) is 24.1 Å². The van der Waals surface area contributed by atoms with Gasteiger partial charge < -0.3 is 14.6 Å². The lowest BCUT2D eigenvalue weighted by Gasteiger charge is -2.19. The predicted molar refractivity (Wildman–Crippen MR) is 165 cm³/mol. The fourth-order valence-electron chi connectivity index (χ4n) is 5.20. The quantitative estimate of drug-likeness (QED) is 0.228. The van der Waals surface area contributed by atoms with Crippen LogP contribution in [0.1, 0.15) is 62.2 Å². The van der Waals surface area contributed by atoms with Crippen LogP contribution in [0.25, 0.3) is 11.1 Å². The van der Waals surface area contributed by atoms with Crippen LogP contribution in [0.2, 0.25) is 0 Å². The number of ether oxygens (including phenoxy) is 2. The van der Waals surface area contributed by atoms with E-state index in [2.05, 4.69) is 51.1 Å². The van der Waals surface area contributed by atoms with Gasteiger partial charge in [-0.25, -0.2) is 9.48 Å². The first-order valence-corrected chi connectivity index (χ1v) is 14.4. The van der Waals surface area contributed by atoms with Crippen molar-refractivity contribution in [3.63, 3.8) is 0 Å². The van der Waals surface area contributed by atoms with E-state index in [1.54, 1.807) is 22.4 Å². The lowest BCUT2D eigenvalue weighted by atomic mass is 9.87. The first-order chi connectivity index (χ1) is 20.0. The van der Waals surface area contributed by atoms with Crippen molar-refractivity contribution in [2.75, 3.05) is 14.2 Å². The van der Waals surface area contributed by atoms with Crippen molar-refractivity contribution >= 4 is 5.97 Å². The fraction of sp³-hybridized carbons (Fsp3) is 0.382. The fourth-order valence-corrected chi connectivity index (χ4v) is 5.20. The summed E-state index contributed by atoms with van der Waals surface area (Å²) >= 11 is 0. The van der Waals surface area contributed by atoms with Crippen LogP contribution in [-0.4, -0.2) is 39.6 Å². The number of methoxy groups -OCH3 is 2. The van der Waals surface area contributed by atoms with Crippen molar-refractivity contribution in [2.45, 2.75) is 71.9 Å². The van der Waals surface area contributed by atoms with E-state index in [0.29, 0.717) is 36.6 Å². The third-order valence-electron chi connectivity index (χ3n) is 7.53. The Labute approximate surface area is 247 Å². The summed E-state index contributed by atoms with van der Waals surface area (Å²) in [6.07, 6.45) is 2.17. The molecule has 4 rings (SSSR count). The van der Waals surface area contributed by atoms with Crippen LogP contribution >= 0.6 is 0 Å². The van der Waals surface area contributed by atoms with E-state index in [1.807, 2.05) is 31.2 Å². The van der Waals surface area contributed by atoms with Crippen molar-refractivity contribution < 1.29 is 19.4 Å². The Morgan fingerprint density at radius 2 is 1.60 bits per heavy atom. The zero-order valence-corrected chi connectivity index (χ0v) is 25.4. The van der Waals surface area contributed by atoms with Gasteiger partial charge in [0.1, 0.15) is 17.3 Å². The molecule has 0 aliphatic carbocycles. The molecule has 8 heteroatoms. The highest BCUT2D eigenvalue weighted by Crippen LogP contribution is 2.34. The van der Waals surface area contributed by atoms with Gasteiger partial charge in [-0.15, -0.1) is 0 Å². The maximum Gasteiger partial charge on any atom is 0.346 e. The van der Waals surface area contributed by atoms with Gasteiger partial charge >= 0.3 is 11.7 Å². The Bertz CT molecular complexity index is 1590. The summed E-state index contributed by atoms with van der Waals surface area (Å²) in [6, 6.07) is 20.0. The summed E-state index contributed by atoms with van der Waals surface area (Å²) in [6.45, 7) is 9.55. The first kappa shape index (κ1) is 30.6. The summed E-state index contributed by atoms with van der Waals surface area (Å²) in [4.78, 5) is 24.4. The third-order valence-corrected chi connectivity index (χ3v) is 7.53. The SMILES string of the molecule is CCn1c(CCCc2ccc(-c3ccc(OC)c(CC(=O)O)c3)c(OC)c2)nn(Cc2ccc(C(C)(C)C)cc2)c1=O. The number of carboxylic acids is 1. The topological polar surface area (TPSA) is 95.6 Å². The van der Waals surface area contributed by atoms with Crippen molar-refractivity contribution in [1.82, 2.24) is 14.3 Å². The lowest BCUT2D eigenvalue weighted by Crippen LogP contribution is -2.25. The number of rotatable bonds is 12. The number of carboxylic acid groups (broad SMARTS) is 1. The summed E-state index contributed by atoms with van der Waals surface area (Å²) in [7, 11) is 3.17. The average molecular weight is 572 g/mol. The van der Waals surface area contributed by atoms with Crippen molar-refractivity contribution in [3.8, 4) is 22.6 Å². The van der Waals surface area contributed by atoms with Crippen LogP contribution in [0, 0.1) is 0 Å². The van der Waals surface area contributed by atoms with E-state index >= 15 is 0 Å². The maximum atomic E-state index is 13.1. The largest absolute Gasteiger partial charge is 0.496 e. The molecule has 1 N–H and O–H groups in total. The first-order valence-electron chi connectivity index (χ1n) is 14.4. The highest BCUT2D eigenvalue weighted by Gasteiger charge is 2.16. The second kappa shape index (κ2) is 13.1. The van der Waals surface area contributed by atoms with Crippen molar-refractivity contribution in [3.05, 3.63) is 99.2 Å². The monoisotopic (exact) mass is 571 g/mol. The Morgan fingerprint density at radius 3 is 2.21 bits per heavy atom. The Kier molecular flexibility index (Phi) is 9.55. The molecule has 0 bridgehead atoms. The number of aromatic nitrogens is 3. The second-order valence-corrected chi connectivity index (χ2v) is 11.5. The number of aliphatic carboxylic acids is 1. The van der Waals surface area contributed by atoms with Crippen LogP contribution in [0.4, 0.5) is 0 Å². The van der Waals surface area contributed by atoms with E-state index < -0.39 is 5.97 Å². The molecule has 0 spiro atoms. The molecule has 0 unspecified atom stereocenters. The zero-order valence-electron chi connectivity index (χ0n) is 25.4. The number of hydrogen-bond donors (Lipinski definition) is 1. The molecule has 4 aromatic rings. The van der Waals surface area contributed by atoms with Gasteiger partial charge in [-0.05, 0) is 65.6 Å². The number of nitrogens with zero attached hydrogens (tertiary/aromatic N) is 3. The minimum atomic E-state index is -0.916. The molecule has 0 amide bonds. The van der Waals surface area contributed by atoms with Gasteiger partial charge in [0.15, 0.2) is 0 Å². The molecule has 42 heavy (non-hydrogen) atoms. The van der Waals surface area contributed by atoms with Gasteiger partial charge in [0.2, 0.25) is 0 Å². The number of carbonyl (C=O) groups is 1. The summed E-state index contributed by atoms with van der Waals surface area (Å²) in [5, 5.41) is 14.0. The molecule has 3 aromatic carbocycles. The molecule has 1 aromatic heterocycles. The van der Waals surface area contributed by atoms with Crippen molar-refractivity contribution in [1.29, 1.82) is 0 Å². The molecule has 8 nitrogen and oxygen atoms in total. The maximum absolute atomic E-state index is 13.1. The Hall–Kier alpha value is -4.33. The van der Waals surface area contributed by atoms with Gasteiger partial charge in [0.05, 0.1) is 27.2 Å². The average Bonchev–Trinajstić information content (AvgIpc) is 3.25. The van der Waals surface area contributed by atoms with E-state index in [-0.39, 0.29) is 17.5 Å². The van der Waals surface area contributed by atoms with Crippen LogP contribution in [0.5, 0.6) is 11.5 Å². The second-order valence-electron chi connectivity index (χ2n) is 11.5. The molecule has 0 fully saturated rings. The summed E-state index contributed by atoms with van der Waals surface area (Å²) < 4.78 is 14.4. The van der Waals surface area contributed by atoms with Gasteiger partial charge in [0.25, 0.3) is 0 Å². The Balaban J connectivity index is 1.46. The third kappa shape index (κ3) is 7.11. The number of aryl methyl sites for hydroxylation is 2. The van der Waals surface area contributed by atoms with E-state index in [9.17, 15) is 14.7 Å². The molecule has 0 atom stereocenters. The molecule has 1 heterocycles. The molecule has 0 saturated carbocycles. The highest BCUT2D eigenvalue weighted by molar-refractivity contribution is 5.76. The lowest BCUT2D eigenvalue weighted by molar-refractivity contribution is -0.136. The van der Waals surface area contributed by atoms with E-state index in [0.717, 1.165) is 40.9 Å². The smallest absolute Gasteiger partial charge is 0.346 e. The van der Waals surface area contributed by atoms with Crippen LogP contribution in [0.3, 0.4) is 0 Å². The van der Waals surface area contributed by atoms with E-state index in [4.69, 9.17) is 14.6 Å².